The van der Waals surface area contributed by atoms with Crippen molar-refractivity contribution in [3.05, 3.63) is 23.8 Å². The summed E-state index contributed by atoms with van der Waals surface area (Å²) < 4.78 is 5.08. The normalized spacial score (nSPS) is 12.0. The van der Waals surface area contributed by atoms with E-state index in [0.29, 0.717) is 17.9 Å². The number of carbonyl (C=O) groups is 1. The van der Waals surface area contributed by atoms with Crippen molar-refractivity contribution in [2.75, 3.05) is 38.4 Å². The first kappa shape index (κ1) is 15.3. The molecule has 0 aliphatic carbocycles. The van der Waals surface area contributed by atoms with Crippen molar-refractivity contribution in [2.45, 2.75) is 19.4 Å². The van der Waals surface area contributed by atoms with Gasteiger partial charge in [0, 0.05) is 32.6 Å². The number of nitrogens with one attached hydrogen (secondary N) is 1. The van der Waals surface area contributed by atoms with Gasteiger partial charge in [-0.25, -0.2) is 0 Å². The molecule has 5 nitrogen and oxygen atoms in total. The van der Waals surface area contributed by atoms with Gasteiger partial charge in [-0.15, -0.1) is 0 Å². The molecule has 0 radical (unpaired) electrons. The molecule has 1 rings (SSSR count). The lowest BCUT2D eigenvalue weighted by Gasteiger charge is -2.20. The Balaban J connectivity index is 2.94. The maximum absolute atomic E-state index is 12.3. The van der Waals surface area contributed by atoms with E-state index >= 15 is 0 Å². The van der Waals surface area contributed by atoms with Gasteiger partial charge in [0.25, 0.3) is 5.91 Å². The number of nitrogens with two attached hydrogens (primary N) is 1. The van der Waals surface area contributed by atoms with Crippen molar-refractivity contribution in [3.8, 4) is 0 Å². The maximum atomic E-state index is 12.3. The molecular weight excluding hydrogens is 242 g/mol. The van der Waals surface area contributed by atoms with Crippen molar-refractivity contribution < 1.29 is 9.53 Å². The Morgan fingerprint density at radius 2 is 2.16 bits per heavy atom. The van der Waals surface area contributed by atoms with Crippen LogP contribution in [-0.4, -0.2) is 39.8 Å². The number of rotatable bonds is 6. The molecule has 106 valence electrons. The van der Waals surface area contributed by atoms with Gasteiger partial charge in [0.1, 0.15) is 0 Å². The monoisotopic (exact) mass is 265 g/mol. The predicted octanol–water partition coefficient (Wildman–Crippen LogP) is 1.49. The Kier molecular flexibility index (Phi) is 5.63. The number of nitrogen functional groups attached to an aromatic ring is 1. The molecule has 5 heteroatoms. The third kappa shape index (κ3) is 4.13. The number of hydrogen-bond donors (Lipinski definition) is 2. The summed E-state index contributed by atoms with van der Waals surface area (Å²) in [6, 6.07) is 5.35. The van der Waals surface area contributed by atoms with E-state index in [1.165, 1.54) is 0 Å². The minimum absolute atomic E-state index is 0.00828. The highest BCUT2D eigenvalue weighted by Crippen LogP contribution is 2.21. The molecule has 1 unspecified atom stereocenters. The van der Waals surface area contributed by atoms with Crippen LogP contribution in [0, 0.1) is 0 Å². The van der Waals surface area contributed by atoms with Crippen LogP contribution in [0.5, 0.6) is 0 Å². The molecule has 0 saturated carbocycles. The van der Waals surface area contributed by atoms with Gasteiger partial charge < -0.3 is 20.7 Å². The molecule has 0 spiro atoms. The quantitative estimate of drug-likeness (QED) is 0.765. The van der Waals surface area contributed by atoms with Gasteiger partial charge in [0.15, 0.2) is 0 Å². The first-order chi connectivity index (χ1) is 8.99. The van der Waals surface area contributed by atoms with Crippen molar-refractivity contribution in [3.63, 3.8) is 0 Å². The number of nitrogens with zero attached hydrogens (tertiary/aromatic N) is 1. The molecule has 3 N–H and O–H groups in total. The van der Waals surface area contributed by atoms with Crippen molar-refractivity contribution in [1.82, 2.24) is 5.32 Å². The van der Waals surface area contributed by atoms with E-state index in [9.17, 15) is 4.79 Å². The van der Waals surface area contributed by atoms with Crippen LogP contribution in [-0.2, 0) is 4.74 Å². The molecule has 0 aromatic heterocycles. The summed E-state index contributed by atoms with van der Waals surface area (Å²) in [5.41, 5.74) is 7.77. The molecule has 0 heterocycles. The fraction of sp³-hybridized carbons (Fsp3) is 0.500. The zero-order valence-corrected chi connectivity index (χ0v) is 12.1. The number of anilines is 2. The second-order valence-electron chi connectivity index (χ2n) is 4.70. The SMILES string of the molecule is CCC(COC)NC(=O)c1cc(N)ccc1N(C)C. The van der Waals surface area contributed by atoms with Gasteiger partial charge in [-0.05, 0) is 24.6 Å². The lowest BCUT2D eigenvalue weighted by Crippen LogP contribution is -2.38. The van der Waals surface area contributed by atoms with Gasteiger partial charge >= 0.3 is 0 Å². The summed E-state index contributed by atoms with van der Waals surface area (Å²) in [5, 5.41) is 2.96. The zero-order chi connectivity index (χ0) is 14.4. The predicted molar refractivity (Wildman–Crippen MR) is 78.6 cm³/mol. The molecule has 1 aromatic rings. The first-order valence-electron chi connectivity index (χ1n) is 6.36. The third-order valence-electron chi connectivity index (χ3n) is 2.94. The Bertz CT molecular complexity index is 433. The Hall–Kier alpha value is -1.75. The van der Waals surface area contributed by atoms with Gasteiger partial charge in [0.2, 0.25) is 0 Å². The highest BCUT2D eigenvalue weighted by Gasteiger charge is 2.16. The minimum Gasteiger partial charge on any atom is -0.399 e. The van der Waals surface area contributed by atoms with E-state index in [2.05, 4.69) is 5.32 Å². The molecule has 0 fully saturated rings. The smallest absolute Gasteiger partial charge is 0.253 e. The summed E-state index contributed by atoms with van der Waals surface area (Å²) in [5.74, 6) is -0.125. The van der Waals surface area contributed by atoms with E-state index in [-0.39, 0.29) is 11.9 Å². The van der Waals surface area contributed by atoms with Gasteiger partial charge in [0.05, 0.1) is 18.2 Å². The molecule has 0 saturated heterocycles. The highest BCUT2D eigenvalue weighted by atomic mass is 16.5. The summed E-state index contributed by atoms with van der Waals surface area (Å²) >= 11 is 0. The van der Waals surface area contributed by atoms with Crippen LogP contribution < -0.4 is 16.0 Å². The summed E-state index contributed by atoms with van der Waals surface area (Å²) in [4.78, 5) is 14.2. The van der Waals surface area contributed by atoms with Gasteiger partial charge in [-0.1, -0.05) is 6.92 Å². The van der Waals surface area contributed by atoms with Crippen molar-refractivity contribution >= 4 is 17.3 Å². The highest BCUT2D eigenvalue weighted by molar-refractivity contribution is 6.00. The number of methoxy groups -OCH3 is 1. The van der Waals surface area contributed by atoms with E-state index in [1.807, 2.05) is 32.0 Å². The first-order valence-corrected chi connectivity index (χ1v) is 6.36. The fourth-order valence-electron chi connectivity index (χ4n) is 1.85. The number of amides is 1. The Morgan fingerprint density at radius 3 is 2.68 bits per heavy atom. The summed E-state index contributed by atoms with van der Waals surface area (Å²) in [6.07, 6.45) is 0.819. The van der Waals surface area contributed by atoms with E-state index in [1.54, 1.807) is 19.2 Å². The lowest BCUT2D eigenvalue weighted by atomic mass is 10.1. The topological polar surface area (TPSA) is 67.6 Å². The van der Waals surface area contributed by atoms with Crippen molar-refractivity contribution in [1.29, 1.82) is 0 Å². The Labute approximate surface area is 114 Å². The number of hydrogen-bond acceptors (Lipinski definition) is 4. The summed E-state index contributed by atoms with van der Waals surface area (Å²) in [6.45, 7) is 2.51. The summed E-state index contributed by atoms with van der Waals surface area (Å²) in [7, 11) is 5.42. The Morgan fingerprint density at radius 1 is 1.47 bits per heavy atom. The molecular formula is C14H23N3O2. The fourth-order valence-corrected chi connectivity index (χ4v) is 1.85. The molecule has 0 aliphatic heterocycles. The van der Waals surface area contributed by atoms with Crippen LogP contribution in [0.3, 0.4) is 0 Å². The molecule has 0 bridgehead atoms. The van der Waals surface area contributed by atoms with E-state index in [0.717, 1.165) is 12.1 Å². The van der Waals surface area contributed by atoms with Gasteiger partial charge in [-0.2, -0.15) is 0 Å². The zero-order valence-electron chi connectivity index (χ0n) is 12.1. The lowest BCUT2D eigenvalue weighted by molar-refractivity contribution is 0.0895. The number of carbonyl (C=O) groups excluding carboxylic acids is 1. The molecule has 1 aromatic carbocycles. The number of benzene rings is 1. The second-order valence-corrected chi connectivity index (χ2v) is 4.70. The molecule has 19 heavy (non-hydrogen) atoms. The van der Waals surface area contributed by atoms with Crippen LogP contribution in [0.2, 0.25) is 0 Å². The van der Waals surface area contributed by atoms with Crippen LogP contribution >= 0.6 is 0 Å². The van der Waals surface area contributed by atoms with E-state index < -0.39 is 0 Å². The minimum atomic E-state index is -0.125. The van der Waals surface area contributed by atoms with Crippen LogP contribution in [0.4, 0.5) is 11.4 Å². The van der Waals surface area contributed by atoms with E-state index in [4.69, 9.17) is 10.5 Å². The van der Waals surface area contributed by atoms with Crippen LogP contribution in [0.1, 0.15) is 23.7 Å². The third-order valence-corrected chi connectivity index (χ3v) is 2.94. The average molecular weight is 265 g/mol. The van der Waals surface area contributed by atoms with Crippen molar-refractivity contribution in [2.24, 2.45) is 0 Å². The largest absolute Gasteiger partial charge is 0.399 e. The van der Waals surface area contributed by atoms with Gasteiger partial charge in [-0.3, -0.25) is 4.79 Å². The molecule has 1 atom stereocenters. The molecule has 0 aliphatic rings. The molecule has 1 amide bonds. The van der Waals surface area contributed by atoms with Crippen LogP contribution in [0.15, 0.2) is 18.2 Å². The standard InChI is InChI=1S/C14H23N3O2/c1-5-11(9-19-4)16-14(18)12-8-10(15)6-7-13(12)17(2)3/h6-8,11H,5,9,15H2,1-4H3,(H,16,18). The number of ether oxygens (including phenoxy) is 1. The average Bonchev–Trinajstić information content (AvgIpc) is 2.37. The maximum Gasteiger partial charge on any atom is 0.253 e. The van der Waals surface area contributed by atoms with Crippen LogP contribution in [0.25, 0.3) is 0 Å². The second kappa shape index (κ2) is 6.99.